The Morgan fingerprint density at radius 1 is 1.16 bits per heavy atom. The number of hydrogen-bond donors (Lipinski definition) is 1. The Labute approximate surface area is 120 Å². The molecule has 0 heterocycles. The molecule has 0 spiro atoms. The summed E-state index contributed by atoms with van der Waals surface area (Å²) in [4.78, 5) is 0. The number of benzene rings is 2. The lowest BCUT2D eigenvalue weighted by atomic mass is 10.1. The molecule has 0 bridgehead atoms. The summed E-state index contributed by atoms with van der Waals surface area (Å²) in [6, 6.07) is 11.2. The fourth-order valence-electron chi connectivity index (χ4n) is 1.65. The second-order valence-electron chi connectivity index (χ2n) is 3.94. The van der Waals surface area contributed by atoms with Crippen LogP contribution < -0.4 is 5.32 Å². The van der Waals surface area contributed by atoms with Crippen LogP contribution in [0.4, 0.5) is 10.1 Å². The van der Waals surface area contributed by atoms with E-state index in [-0.39, 0.29) is 0 Å². The highest BCUT2D eigenvalue weighted by molar-refractivity contribution is 6.36. The molecule has 0 atom stereocenters. The maximum Gasteiger partial charge on any atom is 0.124 e. The van der Waals surface area contributed by atoms with Gasteiger partial charge in [-0.3, -0.25) is 0 Å². The minimum Gasteiger partial charge on any atom is -0.380 e. The predicted octanol–water partition coefficient (Wildman–Crippen LogP) is 4.62. The minimum absolute atomic E-state index is 0.291. The molecule has 5 heteroatoms. The molecule has 0 radical (unpaired) electrons. The average molecular weight is 295 g/mol. The Kier molecular flexibility index (Phi) is 4.26. The monoisotopic (exact) mass is 294 g/mol. The lowest BCUT2D eigenvalue weighted by molar-refractivity contribution is 0.625. The van der Waals surface area contributed by atoms with Gasteiger partial charge in [0.25, 0.3) is 0 Å². The van der Waals surface area contributed by atoms with Crippen LogP contribution >= 0.6 is 23.2 Å². The molecule has 2 aromatic carbocycles. The van der Waals surface area contributed by atoms with Gasteiger partial charge in [-0.25, -0.2) is 4.39 Å². The predicted molar refractivity (Wildman–Crippen MR) is 74.9 cm³/mol. The van der Waals surface area contributed by atoms with Gasteiger partial charge in [0.1, 0.15) is 5.82 Å². The average Bonchev–Trinajstić information content (AvgIpc) is 2.37. The van der Waals surface area contributed by atoms with Gasteiger partial charge in [-0.15, -0.1) is 0 Å². The molecule has 0 aliphatic rings. The second-order valence-corrected chi connectivity index (χ2v) is 4.78. The first-order valence-electron chi connectivity index (χ1n) is 5.47. The van der Waals surface area contributed by atoms with Gasteiger partial charge >= 0.3 is 0 Å². The first-order chi connectivity index (χ1) is 9.08. The molecular formula is C14H9Cl2FN2. The molecule has 19 heavy (non-hydrogen) atoms. The summed E-state index contributed by atoms with van der Waals surface area (Å²) < 4.78 is 13.3. The van der Waals surface area contributed by atoms with Gasteiger partial charge in [0.05, 0.1) is 22.3 Å². The van der Waals surface area contributed by atoms with Crippen molar-refractivity contribution >= 4 is 28.9 Å². The Morgan fingerprint density at radius 2 is 1.95 bits per heavy atom. The van der Waals surface area contributed by atoms with Crippen molar-refractivity contribution in [3.05, 3.63) is 63.4 Å². The smallest absolute Gasteiger partial charge is 0.124 e. The van der Waals surface area contributed by atoms with E-state index < -0.39 is 5.82 Å². The molecule has 2 nitrogen and oxygen atoms in total. The van der Waals surface area contributed by atoms with Crippen molar-refractivity contribution in [3.63, 3.8) is 0 Å². The molecule has 2 rings (SSSR count). The first kappa shape index (κ1) is 13.7. The van der Waals surface area contributed by atoms with Crippen LogP contribution in [-0.4, -0.2) is 0 Å². The maximum atomic E-state index is 13.3. The second kappa shape index (κ2) is 5.92. The zero-order valence-corrected chi connectivity index (χ0v) is 11.3. The zero-order chi connectivity index (χ0) is 13.8. The fourth-order valence-corrected chi connectivity index (χ4v) is 2.12. The normalized spacial score (nSPS) is 10.0. The Bertz CT molecular complexity index is 650. The van der Waals surface area contributed by atoms with Gasteiger partial charge in [0, 0.05) is 11.6 Å². The number of rotatable bonds is 3. The summed E-state index contributed by atoms with van der Waals surface area (Å²) in [7, 11) is 0. The van der Waals surface area contributed by atoms with E-state index in [0.717, 1.165) is 0 Å². The van der Waals surface area contributed by atoms with Crippen LogP contribution in [-0.2, 0) is 6.54 Å². The van der Waals surface area contributed by atoms with E-state index in [0.29, 0.717) is 33.4 Å². The summed E-state index contributed by atoms with van der Waals surface area (Å²) in [6.45, 7) is 0.369. The van der Waals surface area contributed by atoms with Gasteiger partial charge < -0.3 is 5.32 Å². The van der Waals surface area contributed by atoms with Crippen molar-refractivity contribution in [3.8, 4) is 6.07 Å². The third-order valence-electron chi connectivity index (χ3n) is 2.50. The molecule has 0 fully saturated rings. The lowest BCUT2D eigenvalue weighted by Crippen LogP contribution is -2.01. The van der Waals surface area contributed by atoms with Crippen molar-refractivity contribution < 1.29 is 4.39 Å². The summed E-state index contributed by atoms with van der Waals surface area (Å²) in [5, 5.41) is 12.9. The molecular weight excluding hydrogens is 286 g/mol. The summed E-state index contributed by atoms with van der Waals surface area (Å²) in [6.07, 6.45) is 0. The van der Waals surface area contributed by atoms with Crippen molar-refractivity contribution in [1.82, 2.24) is 0 Å². The van der Waals surface area contributed by atoms with E-state index in [9.17, 15) is 4.39 Å². The van der Waals surface area contributed by atoms with Gasteiger partial charge in [-0.2, -0.15) is 5.26 Å². The van der Waals surface area contributed by atoms with E-state index in [1.165, 1.54) is 12.1 Å². The van der Waals surface area contributed by atoms with E-state index in [1.54, 1.807) is 24.3 Å². The summed E-state index contributed by atoms with van der Waals surface area (Å²) >= 11 is 11.8. The molecule has 0 aromatic heterocycles. The fraction of sp³-hybridized carbons (Fsp3) is 0.0714. The molecule has 0 saturated carbocycles. The molecule has 2 aromatic rings. The Morgan fingerprint density at radius 3 is 2.63 bits per heavy atom. The van der Waals surface area contributed by atoms with Crippen LogP contribution in [0, 0.1) is 17.1 Å². The van der Waals surface area contributed by atoms with Gasteiger partial charge in [-0.05, 0) is 42.0 Å². The van der Waals surface area contributed by atoms with Crippen molar-refractivity contribution in [1.29, 1.82) is 5.26 Å². The number of hydrogen-bond acceptors (Lipinski definition) is 2. The van der Waals surface area contributed by atoms with Crippen LogP contribution in [0.5, 0.6) is 0 Å². The van der Waals surface area contributed by atoms with Crippen LogP contribution in [0.2, 0.25) is 10.0 Å². The number of nitrogens with one attached hydrogen (secondary N) is 1. The number of nitrogens with zero attached hydrogens (tertiary/aromatic N) is 1. The summed E-state index contributed by atoms with van der Waals surface area (Å²) in [5.41, 5.74) is 1.66. The van der Waals surface area contributed by atoms with Crippen LogP contribution in [0.25, 0.3) is 0 Å². The van der Waals surface area contributed by atoms with Gasteiger partial charge in [0.15, 0.2) is 0 Å². The SMILES string of the molecule is N#Cc1cc(F)cc(CNc2ccc(Cl)cc2Cl)c1. The highest BCUT2D eigenvalue weighted by atomic mass is 35.5. The van der Waals surface area contributed by atoms with E-state index in [2.05, 4.69) is 5.32 Å². The van der Waals surface area contributed by atoms with Crippen molar-refractivity contribution in [2.75, 3.05) is 5.32 Å². The molecule has 1 N–H and O–H groups in total. The molecule has 96 valence electrons. The van der Waals surface area contributed by atoms with Gasteiger partial charge in [-0.1, -0.05) is 23.2 Å². The molecule has 0 aliphatic heterocycles. The molecule has 0 saturated heterocycles. The van der Waals surface area contributed by atoms with Crippen LogP contribution in [0.3, 0.4) is 0 Å². The lowest BCUT2D eigenvalue weighted by Gasteiger charge is -2.09. The standard InChI is InChI=1S/C14H9Cl2FN2/c15-11-1-2-14(13(16)6-11)19-8-10-3-9(7-18)4-12(17)5-10/h1-6,19H,8H2. The van der Waals surface area contributed by atoms with Gasteiger partial charge in [0.2, 0.25) is 0 Å². The van der Waals surface area contributed by atoms with Crippen molar-refractivity contribution in [2.24, 2.45) is 0 Å². The first-order valence-corrected chi connectivity index (χ1v) is 6.22. The van der Waals surface area contributed by atoms with Crippen molar-refractivity contribution in [2.45, 2.75) is 6.54 Å². The maximum absolute atomic E-state index is 13.3. The molecule has 0 aliphatic carbocycles. The third kappa shape index (κ3) is 3.60. The topological polar surface area (TPSA) is 35.8 Å². The molecule has 0 unspecified atom stereocenters. The largest absolute Gasteiger partial charge is 0.380 e. The molecule has 0 amide bonds. The van der Waals surface area contributed by atoms with E-state index >= 15 is 0 Å². The Balaban J connectivity index is 2.14. The Hall–Kier alpha value is -1.76. The van der Waals surface area contributed by atoms with E-state index in [1.807, 2.05) is 6.07 Å². The van der Waals surface area contributed by atoms with Crippen LogP contribution in [0.15, 0.2) is 36.4 Å². The number of halogens is 3. The highest BCUT2D eigenvalue weighted by Crippen LogP contribution is 2.25. The van der Waals surface area contributed by atoms with Crippen LogP contribution in [0.1, 0.15) is 11.1 Å². The number of anilines is 1. The quantitative estimate of drug-likeness (QED) is 0.897. The third-order valence-corrected chi connectivity index (χ3v) is 3.05. The number of nitriles is 1. The summed E-state index contributed by atoms with van der Waals surface area (Å²) in [5.74, 6) is -0.432. The van der Waals surface area contributed by atoms with E-state index in [4.69, 9.17) is 28.5 Å². The highest BCUT2D eigenvalue weighted by Gasteiger charge is 2.03. The minimum atomic E-state index is -0.432. The zero-order valence-electron chi connectivity index (χ0n) is 9.75.